The predicted molar refractivity (Wildman–Crippen MR) is 107 cm³/mol. The number of halogens is 1. The Hall–Kier alpha value is -0.950. The Morgan fingerprint density at radius 2 is 2.37 bits per heavy atom. The van der Waals surface area contributed by atoms with Gasteiger partial charge in [-0.3, -0.25) is 13.6 Å². The average Bonchev–Trinajstić information content (AvgIpc) is 3.36. The Balaban J connectivity index is 1.65. The SMILES string of the molecule is CS(=O)c1nnc([N+]2([O-])CN(CCl)CC2OC(=O)CCCc2cccs2)s1. The van der Waals surface area contributed by atoms with Gasteiger partial charge in [0.05, 0.1) is 23.3 Å². The number of carbonyl (C=O) groups excluding carboxylic acids is 1. The van der Waals surface area contributed by atoms with Gasteiger partial charge < -0.3 is 9.94 Å². The normalized spacial score (nSPS) is 24.2. The van der Waals surface area contributed by atoms with Gasteiger partial charge >= 0.3 is 11.1 Å². The second kappa shape index (κ2) is 9.03. The van der Waals surface area contributed by atoms with Crippen LogP contribution in [0.5, 0.6) is 0 Å². The van der Waals surface area contributed by atoms with E-state index in [2.05, 4.69) is 10.2 Å². The molecule has 0 radical (unpaired) electrons. The van der Waals surface area contributed by atoms with Crippen LogP contribution in [0.2, 0.25) is 0 Å². The van der Waals surface area contributed by atoms with Crippen LogP contribution in [0.4, 0.5) is 5.13 Å². The molecule has 0 aromatic carbocycles. The fourth-order valence-corrected chi connectivity index (χ4v) is 5.16. The van der Waals surface area contributed by atoms with Crippen molar-refractivity contribution in [3.05, 3.63) is 27.6 Å². The number of thiophene rings is 1. The van der Waals surface area contributed by atoms with Crippen molar-refractivity contribution in [2.75, 3.05) is 25.5 Å². The first kappa shape index (κ1) is 20.8. The predicted octanol–water partition coefficient (Wildman–Crippen LogP) is 2.50. The number of aromatic nitrogens is 2. The Kier molecular flexibility index (Phi) is 6.95. The second-order valence-electron chi connectivity index (χ2n) is 6.09. The van der Waals surface area contributed by atoms with Crippen LogP contribution in [-0.4, -0.2) is 57.0 Å². The van der Waals surface area contributed by atoms with E-state index >= 15 is 0 Å². The van der Waals surface area contributed by atoms with Crippen molar-refractivity contribution >= 4 is 56.2 Å². The summed E-state index contributed by atoms with van der Waals surface area (Å²) in [5, 5.41) is 23.2. The third-order valence-corrected chi connectivity index (χ3v) is 7.71. The van der Waals surface area contributed by atoms with Crippen molar-refractivity contribution < 1.29 is 13.7 Å². The molecule has 1 saturated heterocycles. The van der Waals surface area contributed by atoms with Crippen molar-refractivity contribution in [1.82, 2.24) is 19.7 Å². The van der Waals surface area contributed by atoms with Gasteiger partial charge in [0.1, 0.15) is 6.67 Å². The molecule has 0 N–H and O–H groups in total. The van der Waals surface area contributed by atoms with Crippen molar-refractivity contribution in [2.45, 2.75) is 29.8 Å². The highest BCUT2D eigenvalue weighted by atomic mass is 35.5. The first-order valence-corrected chi connectivity index (χ1v) is 12.0. The van der Waals surface area contributed by atoms with Gasteiger partial charge in [-0.05, 0) is 35.6 Å². The maximum absolute atomic E-state index is 13.4. The molecule has 1 aliphatic heterocycles. The van der Waals surface area contributed by atoms with Crippen LogP contribution < -0.4 is 4.65 Å². The smallest absolute Gasteiger partial charge is 0.311 e. The van der Waals surface area contributed by atoms with Crippen LogP contribution in [0.25, 0.3) is 0 Å². The van der Waals surface area contributed by atoms with Crippen molar-refractivity contribution in [3.63, 3.8) is 0 Å². The third kappa shape index (κ3) is 4.91. The van der Waals surface area contributed by atoms with E-state index in [1.54, 1.807) is 16.2 Å². The number of alkyl halides is 1. The van der Waals surface area contributed by atoms with Gasteiger partial charge in [0.2, 0.25) is 4.34 Å². The number of ether oxygens (including phenoxy) is 1. The molecule has 8 nitrogen and oxygen atoms in total. The lowest BCUT2D eigenvalue weighted by Gasteiger charge is -2.38. The largest absolute Gasteiger partial charge is 0.622 e. The van der Waals surface area contributed by atoms with Gasteiger partial charge in [-0.25, -0.2) is 4.90 Å². The molecule has 1 aliphatic rings. The zero-order chi connectivity index (χ0) is 19.4. The molecule has 3 unspecified atom stereocenters. The van der Waals surface area contributed by atoms with Gasteiger partial charge in [-0.1, -0.05) is 11.2 Å². The standard InChI is InChI=1S/C15H19ClN4O4S3/c1-27(23)15-18-17-14(26-15)20(22)10-19(9-16)8-12(20)24-13(21)6-2-4-11-5-3-7-25-11/h3,5,7,12H,2,4,6,8-10H2,1H3. The minimum atomic E-state index is -1.33. The molecule has 0 bridgehead atoms. The van der Waals surface area contributed by atoms with Crippen molar-refractivity contribution in [1.29, 1.82) is 0 Å². The third-order valence-electron chi connectivity index (χ3n) is 4.08. The second-order valence-corrected chi connectivity index (χ2v) is 9.87. The summed E-state index contributed by atoms with van der Waals surface area (Å²) in [6.45, 7) is 0.218. The Morgan fingerprint density at radius 3 is 3.00 bits per heavy atom. The van der Waals surface area contributed by atoms with Gasteiger partial charge in [0.25, 0.3) is 6.23 Å². The van der Waals surface area contributed by atoms with Gasteiger partial charge in [0.15, 0.2) is 0 Å². The molecule has 27 heavy (non-hydrogen) atoms. The molecule has 1 fully saturated rings. The summed E-state index contributed by atoms with van der Waals surface area (Å²) in [7, 11) is -1.33. The summed E-state index contributed by atoms with van der Waals surface area (Å²) in [5.74, 6) is -0.421. The first-order chi connectivity index (χ1) is 12.9. The fourth-order valence-electron chi connectivity index (χ4n) is 2.74. The number of hydrogen-bond donors (Lipinski definition) is 0. The molecule has 3 heterocycles. The monoisotopic (exact) mass is 450 g/mol. The average molecular weight is 451 g/mol. The topological polar surface area (TPSA) is 95.4 Å². The molecule has 3 rings (SSSR count). The summed E-state index contributed by atoms with van der Waals surface area (Å²) >= 11 is 8.50. The molecule has 2 aromatic rings. The van der Waals surface area contributed by atoms with E-state index in [0.717, 1.165) is 17.8 Å². The lowest BCUT2D eigenvalue weighted by Crippen LogP contribution is -2.50. The minimum absolute atomic E-state index is 0.00161. The first-order valence-electron chi connectivity index (χ1n) is 8.19. The Morgan fingerprint density at radius 1 is 1.56 bits per heavy atom. The van der Waals surface area contributed by atoms with Crippen molar-refractivity contribution in [2.24, 2.45) is 0 Å². The zero-order valence-corrected chi connectivity index (χ0v) is 17.8. The Bertz CT molecular complexity index is 803. The van der Waals surface area contributed by atoms with Crippen molar-refractivity contribution in [3.8, 4) is 0 Å². The number of aryl methyl sites for hydroxylation is 1. The maximum Gasteiger partial charge on any atom is 0.311 e. The fraction of sp³-hybridized carbons (Fsp3) is 0.533. The maximum atomic E-state index is 13.4. The number of rotatable bonds is 8. The summed E-state index contributed by atoms with van der Waals surface area (Å²) in [5.41, 5.74) is 0. The molecule has 3 atom stereocenters. The molecule has 0 aliphatic carbocycles. The van der Waals surface area contributed by atoms with Crippen LogP contribution in [0, 0.1) is 5.21 Å². The highest BCUT2D eigenvalue weighted by molar-refractivity contribution is 7.86. The number of nitrogens with zero attached hydrogens (tertiary/aromatic N) is 4. The van der Waals surface area contributed by atoms with Crippen LogP contribution in [-0.2, 0) is 26.8 Å². The van der Waals surface area contributed by atoms with E-state index in [0.29, 0.717) is 6.42 Å². The molecule has 12 heteroatoms. The van der Waals surface area contributed by atoms with E-state index in [9.17, 15) is 14.2 Å². The molecular weight excluding hydrogens is 432 g/mol. The molecule has 0 amide bonds. The van der Waals surface area contributed by atoms with Gasteiger partial charge in [-0.15, -0.1) is 28.0 Å². The van der Waals surface area contributed by atoms with Gasteiger partial charge in [-0.2, -0.15) is 0 Å². The van der Waals surface area contributed by atoms with Crippen LogP contribution in [0.15, 0.2) is 21.9 Å². The summed E-state index contributed by atoms with van der Waals surface area (Å²) in [6.07, 6.45) is 2.19. The zero-order valence-electron chi connectivity index (χ0n) is 14.6. The van der Waals surface area contributed by atoms with E-state index in [4.69, 9.17) is 16.3 Å². The van der Waals surface area contributed by atoms with Crippen LogP contribution in [0.3, 0.4) is 0 Å². The minimum Gasteiger partial charge on any atom is -0.622 e. The Labute approximate surface area is 172 Å². The highest BCUT2D eigenvalue weighted by Gasteiger charge is 2.46. The number of esters is 1. The highest BCUT2D eigenvalue weighted by Crippen LogP contribution is 2.35. The molecule has 0 spiro atoms. The van der Waals surface area contributed by atoms with Gasteiger partial charge in [0, 0.05) is 17.6 Å². The van der Waals surface area contributed by atoms with E-state index in [-0.39, 0.29) is 35.1 Å². The van der Waals surface area contributed by atoms with E-state index < -0.39 is 27.6 Å². The number of quaternary nitrogens is 1. The van der Waals surface area contributed by atoms with Crippen LogP contribution >= 0.6 is 34.3 Å². The number of carbonyl (C=O) groups is 1. The molecule has 148 valence electrons. The van der Waals surface area contributed by atoms with Crippen LogP contribution in [0.1, 0.15) is 17.7 Å². The molecule has 0 saturated carbocycles. The summed E-state index contributed by atoms with van der Waals surface area (Å²) < 4.78 is 16.4. The summed E-state index contributed by atoms with van der Waals surface area (Å²) in [6, 6.07) is 4.14. The molecule has 2 aromatic heterocycles. The summed E-state index contributed by atoms with van der Waals surface area (Å²) in [4.78, 5) is 15.1. The molecular formula is C15H19ClN4O4S3. The van der Waals surface area contributed by atoms with E-state index in [1.807, 2.05) is 17.5 Å². The number of hydroxylamine groups is 2. The quantitative estimate of drug-likeness (QED) is 0.200. The lowest BCUT2D eigenvalue weighted by atomic mass is 10.2. The number of hydrogen-bond acceptors (Lipinski definition) is 9. The van der Waals surface area contributed by atoms with E-state index in [1.165, 1.54) is 11.1 Å². The lowest BCUT2D eigenvalue weighted by molar-refractivity contribution is -0.153.